The van der Waals surface area contributed by atoms with Gasteiger partial charge in [-0.3, -0.25) is 10.1 Å². The first-order valence-electron chi connectivity index (χ1n) is 7.65. The normalized spacial score (nSPS) is 16.3. The fourth-order valence-corrected chi connectivity index (χ4v) is 2.69. The number of pyridine rings is 1. The van der Waals surface area contributed by atoms with Gasteiger partial charge in [-0.05, 0) is 26.7 Å². The van der Waals surface area contributed by atoms with E-state index >= 15 is 0 Å². The number of methoxy groups -OCH3 is 1. The Hall–Kier alpha value is -2.22. The van der Waals surface area contributed by atoms with Gasteiger partial charge in [0.25, 0.3) is 0 Å². The van der Waals surface area contributed by atoms with Crippen LogP contribution in [-0.4, -0.2) is 53.1 Å². The van der Waals surface area contributed by atoms with Gasteiger partial charge in [-0.25, -0.2) is 9.78 Å². The van der Waals surface area contributed by atoms with Crippen LogP contribution in [-0.2, 0) is 4.74 Å². The molecule has 0 amide bonds. The average molecular weight is 322 g/mol. The van der Waals surface area contributed by atoms with Crippen molar-refractivity contribution in [3.05, 3.63) is 27.9 Å². The topological polar surface area (TPSA) is 97.6 Å². The van der Waals surface area contributed by atoms with Crippen LogP contribution < -0.4 is 5.32 Å². The molecule has 0 aromatic carbocycles. The predicted molar refractivity (Wildman–Crippen MR) is 85.6 cm³/mol. The van der Waals surface area contributed by atoms with Crippen molar-refractivity contribution in [2.75, 3.05) is 25.5 Å². The zero-order valence-electron chi connectivity index (χ0n) is 13.6. The van der Waals surface area contributed by atoms with Gasteiger partial charge in [0.15, 0.2) is 0 Å². The van der Waals surface area contributed by atoms with Gasteiger partial charge in [-0.1, -0.05) is 0 Å². The lowest BCUT2D eigenvalue weighted by Crippen LogP contribution is -2.42. The smallest absolute Gasteiger partial charge is 0.339 e. The number of piperidine rings is 1. The van der Waals surface area contributed by atoms with E-state index in [0.717, 1.165) is 25.9 Å². The molecule has 0 atom stereocenters. The molecular weight excluding hydrogens is 300 g/mol. The van der Waals surface area contributed by atoms with Crippen LogP contribution in [0.15, 0.2) is 12.3 Å². The van der Waals surface area contributed by atoms with Gasteiger partial charge >= 0.3 is 11.7 Å². The number of anilines is 1. The molecule has 0 bridgehead atoms. The molecule has 1 N–H and O–H groups in total. The highest BCUT2D eigenvalue weighted by atomic mass is 16.6. The van der Waals surface area contributed by atoms with E-state index in [-0.39, 0.29) is 23.1 Å². The Morgan fingerprint density at radius 1 is 1.48 bits per heavy atom. The Morgan fingerprint density at radius 2 is 2.13 bits per heavy atom. The number of ether oxygens (including phenoxy) is 1. The molecule has 126 valence electrons. The van der Waals surface area contributed by atoms with E-state index in [1.165, 1.54) is 19.4 Å². The van der Waals surface area contributed by atoms with Gasteiger partial charge < -0.3 is 15.0 Å². The Morgan fingerprint density at radius 3 is 2.65 bits per heavy atom. The Balaban J connectivity index is 2.11. The summed E-state index contributed by atoms with van der Waals surface area (Å²) >= 11 is 0. The van der Waals surface area contributed by atoms with Crippen LogP contribution in [0.3, 0.4) is 0 Å². The van der Waals surface area contributed by atoms with Crippen molar-refractivity contribution < 1.29 is 14.5 Å². The number of esters is 1. The van der Waals surface area contributed by atoms with Crippen molar-refractivity contribution in [3.63, 3.8) is 0 Å². The SMILES string of the molecule is COC(=O)c1cnc(NC2CCN(C(C)C)CC2)c([N+](=O)[O-])c1. The molecule has 2 heterocycles. The standard InChI is InChI=1S/C15H22N4O4/c1-10(2)18-6-4-12(5-7-18)17-14-13(19(21)22)8-11(9-16-14)15(20)23-3/h8-10,12H,4-7H2,1-3H3,(H,16,17). The maximum atomic E-state index is 11.5. The minimum atomic E-state index is -0.641. The quantitative estimate of drug-likeness (QED) is 0.503. The average Bonchev–Trinajstić information content (AvgIpc) is 2.54. The van der Waals surface area contributed by atoms with Gasteiger partial charge in [-0.15, -0.1) is 0 Å². The molecule has 1 aliphatic heterocycles. The zero-order chi connectivity index (χ0) is 17.0. The Kier molecular flexibility index (Phi) is 5.49. The van der Waals surface area contributed by atoms with E-state index in [9.17, 15) is 14.9 Å². The number of carbonyl (C=O) groups excluding carboxylic acids is 1. The lowest BCUT2D eigenvalue weighted by molar-refractivity contribution is -0.384. The van der Waals surface area contributed by atoms with Crippen molar-refractivity contribution in [2.45, 2.75) is 38.8 Å². The lowest BCUT2D eigenvalue weighted by atomic mass is 10.0. The molecule has 2 rings (SSSR count). The summed E-state index contributed by atoms with van der Waals surface area (Å²) in [6.45, 7) is 6.21. The fraction of sp³-hybridized carbons (Fsp3) is 0.600. The lowest BCUT2D eigenvalue weighted by Gasteiger charge is -2.34. The summed E-state index contributed by atoms with van der Waals surface area (Å²) in [6, 6.07) is 1.84. The second kappa shape index (κ2) is 7.36. The van der Waals surface area contributed by atoms with E-state index in [4.69, 9.17) is 0 Å². The summed E-state index contributed by atoms with van der Waals surface area (Å²) < 4.78 is 4.57. The fourth-order valence-electron chi connectivity index (χ4n) is 2.69. The van der Waals surface area contributed by atoms with Crippen LogP contribution >= 0.6 is 0 Å². The van der Waals surface area contributed by atoms with Crippen molar-refractivity contribution in [1.29, 1.82) is 0 Å². The van der Waals surface area contributed by atoms with E-state index in [1.807, 2.05) is 0 Å². The van der Waals surface area contributed by atoms with Crippen molar-refractivity contribution >= 4 is 17.5 Å². The molecule has 0 aliphatic carbocycles. The summed E-state index contributed by atoms with van der Waals surface area (Å²) in [7, 11) is 1.23. The molecule has 0 unspecified atom stereocenters. The van der Waals surface area contributed by atoms with Crippen LogP contribution in [0, 0.1) is 10.1 Å². The summed E-state index contributed by atoms with van der Waals surface area (Å²) in [5.41, 5.74) is -0.140. The Bertz CT molecular complexity index is 583. The molecule has 1 aliphatic rings. The van der Waals surface area contributed by atoms with Gasteiger partial charge in [0.1, 0.15) is 0 Å². The minimum absolute atomic E-state index is 0.0689. The number of aromatic nitrogens is 1. The molecular formula is C15H22N4O4. The van der Waals surface area contributed by atoms with E-state index in [2.05, 4.69) is 33.8 Å². The predicted octanol–water partition coefficient (Wildman–Crippen LogP) is 2.06. The van der Waals surface area contributed by atoms with E-state index in [1.54, 1.807) is 0 Å². The monoisotopic (exact) mass is 322 g/mol. The highest BCUT2D eigenvalue weighted by Gasteiger charge is 2.25. The van der Waals surface area contributed by atoms with E-state index in [0.29, 0.717) is 6.04 Å². The molecule has 0 radical (unpaired) electrons. The number of nitrogens with one attached hydrogen (secondary N) is 1. The van der Waals surface area contributed by atoms with Crippen LogP contribution in [0.1, 0.15) is 37.0 Å². The maximum Gasteiger partial charge on any atom is 0.339 e. The molecule has 1 aromatic rings. The Labute approximate surface area is 135 Å². The van der Waals surface area contributed by atoms with Gasteiger partial charge in [0.2, 0.25) is 5.82 Å². The van der Waals surface area contributed by atoms with Gasteiger partial charge in [0, 0.05) is 37.4 Å². The first kappa shape index (κ1) is 17.1. The van der Waals surface area contributed by atoms with Crippen LogP contribution in [0.5, 0.6) is 0 Å². The maximum absolute atomic E-state index is 11.5. The first-order chi connectivity index (χ1) is 10.9. The highest BCUT2D eigenvalue weighted by molar-refractivity contribution is 5.90. The van der Waals surface area contributed by atoms with Crippen molar-refractivity contribution in [1.82, 2.24) is 9.88 Å². The summed E-state index contributed by atoms with van der Waals surface area (Å²) in [4.78, 5) is 28.6. The summed E-state index contributed by atoms with van der Waals surface area (Å²) in [5, 5.41) is 14.4. The molecule has 1 fully saturated rings. The number of hydrogen-bond donors (Lipinski definition) is 1. The largest absolute Gasteiger partial charge is 0.465 e. The number of nitro groups is 1. The molecule has 8 heteroatoms. The van der Waals surface area contributed by atoms with Crippen LogP contribution in [0.2, 0.25) is 0 Å². The third-order valence-corrected chi connectivity index (χ3v) is 4.09. The number of likely N-dealkylation sites (tertiary alicyclic amines) is 1. The number of rotatable bonds is 5. The second-order valence-corrected chi connectivity index (χ2v) is 5.89. The molecule has 8 nitrogen and oxygen atoms in total. The van der Waals surface area contributed by atoms with Crippen LogP contribution in [0.4, 0.5) is 11.5 Å². The van der Waals surface area contributed by atoms with Crippen molar-refractivity contribution in [2.24, 2.45) is 0 Å². The molecule has 0 spiro atoms. The second-order valence-electron chi connectivity index (χ2n) is 5.89. The van der Waals surface area contributed by atoms with E-state index < -0.39 is 10.9 Å². The third kappa shape index (κ3) is 4.16. The number of nitrogens with zero attached hydrogens (tertiary/aromatic N) is 3. The van der Waals surface area contributed by atoms with Gasteiger partial charge in [0.05, 0.1) is 17.6 Å². The third-order valence-electron chi connectivity index (χ3n) is 4.09. The first-order valence-corrected chi connectivity index (χ1v) is 7.65. The minimum Gasteiger partial charge on any atom is -0.465 e. The molecule has 1 aromatic heterocycles. The number of hydrogen-bond acceptors (Lipinski definition) is 7. The van der Waals surface area contributed by atoms with Crippen LogP contribution in [0.25, 0.3) is 0 Å². The van der Waals surface area contributed by atoms with Gasteiger partial charge in [-0.2, -0.15) is 0 Å². The highest BCUT2D eigenvalue weighted by Crippen LogP contribution is 2.26. The molecule has 23 heavy (non-hydrogen) atoms. The molecule has 0 saturated carbocycles. The van der Waals surface area contributed by atoms with Crippen molar-refractivity contribution in [3.8, 4) is 0 Å². The summed E-state index contributed by atoms with van der Waals surface area (Å²) in [5.74, 6) is -0.442. The zero-order valence-corrected chi connectivity index (χ0v) is 13.6. The summed E-state index contributed by atoms with van der Waals surface area (Å²) in [6.07, 6.45) is 3.09. The molecule has 1 saturated heterocycles. The number of carbonyl (C=O) groups is 1.